The van der Waals surface area contributed by atoms with Gasteiger partial charge in [0, 0.05) is 23.5 Å². The molecule has 1 amide bonds. The molecule has 2 aliphatic rings. The zero-order valence-electron chi connectivity index (χ0n) is 11.5. The molecule has 1 aliphatic heterocycles. The highest BCUT2D eigenvalue weighted by Crippen LogP contribution is 2.37. The van der Waals surface area contributed by atoms with Crippen molar-refractivity contribution < 1.29 is 4.79 Å². The van der Waals surface area contributed by atoms with Gasteiger partial charge in [-0.05, 0) is 56.0 Å². The van der Waals surface area contributed by atoms with Gasteiger partial charge in [-0.1, -0.05) is 0 Å². The van der Waals surface area contributed by atoms with E-state index in [1.807, 2.05) is 0 Å². The van der Waals surface area contributed by atoms with E-state index in [4.69, 9.17) is 5.73 Å². The molecule has 3 unspecified atom stereocenters. The van der Waals surface area contributed by atoms with Crippen molar-refractivity contribution in [2.75, 3.05) is 6.54 Å². The van der Waals surface area contributed by atoms with Crippen LogP contribution in [-0.2, 0) is 11.2 Å². The molecular formula is C15H22N2OS. The maximum atomic E-state index is 12.8. The van der Waals surface area contributed by atoms with Crippen molar-refractivity contribution in [3.63, 3.8) is 0 Å². The largest absolute Gasteiger partial charge is 0.339 e. The minimum Gasteiger partial charge on any atom is -0.339 e. The topological polar surface area (TPSA) is 46.3 Å². The van der Waals surface area contributed by atoms with Gasteiger partial charge in [0.2, 0.25) is 5.91 Å². The molecule has 1 fully saturated rings. The summed E-state index contributed by atoms with van der Waals surface area (Å²) in [6.45, 7) is 2.96. The van der Waals surface area contributed by atoms with Gasteiger partial charge >= 0.3 is 0 Å². The minimum absolute atomic E-state index is 0.103. The lowest BCUT2D eigenvalue weighted by molar-refractivity contribution is -0.136. The SMILES string of the molecule is CC1CC(N)CCN1C(=O)C1CCCc2sccc21. The fraction of sp³-hybridized carbons (Fsp3) is 0.667. The molecule has 0 saturated carbocycles. The molecule has 4 heteroatoms. The molecule has 1 aromatic rings. The number of amides is 1. The van der Waals surface area contributed by atoms with Crippen molar-refractivity contribution in [2.24, 2.45) is 5.73 Å². The highest BCUT2D eigenvalue weighted by Gasteiger charge is 2.34. The number of thiophene rings is 1. The molecule has 0 aromatic carbocycles. The summed E-state index contributed by atoms with van der Waals surface area (Å²) in [7, 11) is 0. The van der Waals surface area contributed by atoms with Crippen molar-refractivity contribution in [1.29, 1.82) is 0 Å². The molecule has 3 rings (SSSR count). The van der Waals surface area contributed by atoms with E-state index in [0.29, 0.717) is 11.9 Å². The monoisotopic (exact) mass is 278 g/mol. The number of hydrogen-bond donors (Lipinski definition) is 1. The van der Waals surface area contributed by atoms with Crippen LogP contribution < -0.4 is 5.73 Å². The number of nitrogens with zero attached hydrogens (tertiary/aromatic N) is 1. The van der Waals surface area contributed by atoms with Crippen LogP contribution in [0.25, 0.3) is 0 Å². The van der Waals surface area contributed by atoms with Gasteiger partial charge in [-0.3, -0.25) is 4.79 Å². The van der Waals surface area contributed by atoms with Gasteiger partial charge in [-0.2, -0.15) is 0 Å². The molecular weight excluding hydrogens is 256 g/mol. The van der Waals surface area contributed by atoms with E-state index in [9.17, 15) is 4.79 Å². The lowest BCUT2D eigenvalue weighted by atomic mass is 9.85. The maximum Gasteiger partial charge on any atom is 0.230 e. The zero-order chi connectivity index (χ0) is 13.4. The van der Waals surface area contributed by atoms with Crippen molar-refractivity contribution in [1.82, 2.24) is 4.90 Å². The predicted octanol–water partition coefficient (Wildman–Crippen LogP) is 2.51. The van der Waals surface area contributed by atoms with Crippen LogP contribution in [0.4, 0.5) is 0 Å². The Morgan fingerprint density at radius 1 is 1.47 bits per heavy atom. The predicted molar refractivity (Wildman–Crippen MR) is 78.4 cm³/mol. The molecule has 1 saturated heterocycles. The zero-order valence-corrected chi connectivity index (χ0v) is 12.3. The third-order valence-electron chi connectivity index (χ3n) is 4.55. The molecule has 1 aliphatic carbocycles. The van der Waals surface area contributed by atoms with E-state index >= 15 is 0 Å². The first-order chi connectivity index (χ1) is 9.16. The van der Waals surface area contributed by atoms with Gasteiger partial charge in [-0.25, -0.2) is 0 Å². The fourth-order valence-corrected chi connectivity index (χ4v) is 4.47. The van der Waals surface area contributed by atoms with Crippen LogP contribution in [0, 0.1) is 0 Å². The summed E-state index contributed by atoms with van der Waals surface area (Å²) in [5, 5.41) is 2.13. The smallest absolute Gasteiger partial charge is 0.230 e. The third kappa shape index (κ3) is 2.43. The highest BCUT2D eigenvalue weighted by molar-refractivity contribution is 7.10. The number of hydrogen-bond acceptors (Lipinski definition) is 3. The van der Waals surface area contributed by atoms with E-state index in [1.165, 1.54) is 10.4 Å². The normalized spacial score (nSPS) is 31.1. The number of carbonyl (C=O) groups excluding carboxylic acids is 1. The second-order valence-corrected chi connectivity index (χ2v) is 6.91. The molecule has 2 heterocycles. The lowest BCUT2D eigenvalue weighted by Gasteiger charge is -2.39. The average molecular weight is 278 g/mol. The van der Waals surface area contributed by atoms with E-state index in [2.05, 4.69) is 23.3 Å². The van der Waals surface area contributed by atoms with Crippen molar-refractivity contribution >= 4 is 17.2 Å². The van der Waals surface area contributed by atoms with Gasteiger partial charge in [-0.15, -0.1) is 11.3 Å². The number of fused-ring (bicyclic) bond motifs is 1. The van der Waals surface area contributed by atoms with E-state index in [-0.39, 0.29) is 12.0 Å². The molecule has 2 N–H and O–H groups in total. The summed E-state index contributed by atoms with van der Waals surface area (Å²) in [4.78, 5) is 16.3. The minimum atomic E-state index is 0.103. The molecule has 0 bridgehead atoms. The van der Waals surface area contributed by atoms with Gasteiger partial charge in [0.15, 0.2) is 0 Å². The summed E-state index contributed by atoms with van der Waals surface area (Å²) in [6.07, 6.45) is 5.19. The van der Waals surface area contributed by atoms with Gasteiger partial charge in [0.1, 0.15) is 0 Å². The second-order valence-electron chi connectivity index (χ2n) is 5.91. The number of carbonyl (C=O) groups is 1. The first kappa shape index (κ1) is 13.1. The standard InChI is InChI=1S/C15H22N2OS/c1-10-9-11(16)5-7-17(10)15(18)13-3-2-4-14-12(13)6-8-19-14/h6,8,10-11,13H,2-5,7,9,16H2,1H3. The van der Waals surface area contributed by atoms with Crippen molar-refractivity contribution in [3.05, 3.63) is 21.9 Å². The Bertz CT molecular complexity index is 470. The average Bonchev–Trinajstić information content (AvgIpc) is 2.86. The molecule has 0 radical (unpaired) electrons. The lowest BCUT2D eigenvalue weighted by Crippen LogP contribution is -2.50. The Balaban J connectivity index is 1.78. The van der Waals surface area contributed by atoms with Crippen LogP contribution in [0.2, 0.25) is 0 Å². The quantitative estimate of drug-likeness (QED) is 0.858. The molecule has 3 atom stereocenters. The third-order valence-corrected chi connectivity index (χ3v) is 5.55. The maximum absolute atomic E-state index is 12.8. The van der Waals surface area contributed by atoms with Crippen LogP contribution in [0.1, 0.15) is 49.0 Å². The van der Waals surface area contributed by atoms with Crippen molar-refractivity contribution in [2.45, 2.75) is 57.0 Å². The number of aryl methyl sites for hydroxylation is 1. The molecule has 104 valence electrons. The first-order valence-corrected chi connectivity index (χ1v) is 8.17. The van der Waals surface area contributed by atoms with Gasteiger partial charge in [0.25, 0.3) is 0 Å². The number of piperidine rings is 1. The first-order valence-electron chi connectivity index (χ1n) is 7.29. The molecule has 1 aromatic heterocycles. The van der Waals surface area contributed by atoms with Crippen LogP contribution in [0.3, 0.4) is 0 Å². The van der Waals surface area contributed by atoms with Crippen LogP contribution in [0.5, 0.6) is 0 Å². The van der Waals surface area contributed by atoms with E-state index in [0.717, 1.165) is 38.6 Å². The number of likely N-dealkylation sites (tertiary alicyclic amines) is 1. The number of rotatable bonds is 1. The highest BCUT2D eigenvalue weighted by atomic mass is 32.1. The van der Waals surface area contributed by atoms with Gasteiger partial charge < -0.3 is 10.6 Å². The van der Waals surface area contributed by atoms with Gasteiger partial charge in [0.05, 0.1) is 5.92 Å². The van der Waals surface area contributed by atoms with Crippen LogP contribution in [-0.4, -0.2) is 29.4 Å². The fourth-order valence-electron chi connectivity index (χ4n) is 3.48. The Kier molecular flexibility index (Phi) is 3.63. The Labute approximate surface area is 118 Å². The Hall–Kier alpha value is -0.870. The summed E-state index contributed by atoms with van der Waals surface area (Å²) in [6, 6.07) is 2.71. The Morgan fingerprint density at radius 3 is 3.11 bits per heavy atom. The van der Waals surface area contributed by atoms with Crippen molar-refractivity contribution in [3.8, 4) is 0 Å². The second kappa shape index (κ2) is 5.25. The molecule has 3 nitrogen and oxygen atoms in total. The van der Waals surface area contributed by atoms with E-state index in [1.54, 1.807) is 11.3 Å². The van der Waals surface area contributed by atoms with E-state index < -0.39 is 0 Å². The van der Waals surface area contributed by atoms with Crippen LogP contribution in [0.15, 0.2) is 11.4 Å². The van der Waals surface area contributed by atoms with Crippen LogP contribution >= 0.6 is 11.3 Å². The molecule has 19 heavy (non-hydrogen) atoms. The molecule has 0 spiro atoms. The number of nitrogens with two attached hydrogens (primary N) is 1. The Morgan fingerprint density at radius 2 is 2.32 bits per heavy atom. The summed E-state index contributed by atoms with van der Waals surface area (Å²) in [5.74, 6) is 0.436. The summed E-state index contributed by atoms with van der Waals surface area (Å²) >= 11 is 1.80. The summed E-state index contributed by atoms with van der Waals surface area (Å²) in [5.41, 5.74) is 7.28. The summed E-state index contributed by atoms with van der Waals surface area (Å²) < 4.78 is 0.